The van der Waals surface area contributed by atoms with Crippen LogP contribution >= 0.6 is 11.6 Å². The highest BCUT2D eigenvalue weighted by Crippen LogP contribution is 2.47. The van der Waals surface area contributed by atoms with Crippen molar-refractivity contribution in [2.24, 2.45) is 0 Å². The van der Waals surface area contributed by atoms with Crippen LogP contribution < -0.4 is 9.88 Å². The van der Waals surface area contributed by atoms with Gasteiger partial charge in [0.25, 0.3) is 0 Å². The monoisotopic (exact) mass is 487 g/mol. The Bertz CT molecular complexity index is 1450. The van der Waals surface area contributed by atoms with E-state index >= 15 is 0 Å². The molecule has 1 aromatic heterocycles. The number of rotatable bonds is 3. The number of nitrogens with one attached hydrogen (secondary N) is 1. The third-order valence-corrected chi connectivity index (χ3v) is 6.81. The molecule has 0 spiro atoms. The van der Waals surface area contributed by atoms with E-state index in [1.54, 1.807) is 18.2 Å². The fourth-order valence-corrected chi connectivity index (χ4v) is 5.26. The molecule has 0 amide bonds. The molecular formula is C27H19ClFN3OS. The summed E-state index contributed by atoms with van der Waals surface area (Å²) in [6.45, 7) is 0. The van der Waals surface area contributed by atoms with E-state index in [1.165, 1.54) is 12.1 Å². The summed E-state index contributed by atoms with van der Waals surface area (Å²) >= 11 is 11.8. The van der Waals surface area contributed by atoms with E-state index in [9.17, 15) is 14.8 Å². The highest BCUT2D eigenvalue weighted by atomic mass is 35.5. The highest BCUT2D eigenvalue weighted by Gasteiger charge is 2.54. The molecule has 0 saturated heterocycles. The van der Waals surface area contributed by atoms with Crippen molar-refractivity contribution in [2.75, 3.05) is 0 Å². The Balaban J connectivity index is 1.86. The summed E-state index contributed by atoms with van der Waals surface area (Å²) in [5.41, 5.74) is 0.691. The molecule has 0 saturated carbocycles. The van der Waals surface area contributed by atoms with Crippen LogP contribution in [0.25, 0.3) is 10.9 Å². The van der Waals surface area contributed by atoms with Crippen LogP contribution in [-0.4, -0.2) is 5.11 Å². The van der Waals surface area contributed by atoms with Crippen molar-refractivity contribution < 1.29 is 14.1 Å². The first kappa shape index (κ1) is 22.3. The van der Waals surface area contributed by atoms with E-state index in [4.69, 9.17) is 24.2 Å². The number of allylic oxidation sites excluding steroid dienone is 1. The number of pyridine rings is 1. The van der Waals surface area contributed by atoms with Crippen LogP contribution in [0.1, 0.15) is 23.1 Å². The van der Waals surface area contributed by atoms with Crippen LogP contribution in [0, 0.1) is 17.1 Å². The van der Waals surface area contributed by atoms with E-state index in [1.807, 2.05) is 65.4 Å². The topological polar surface area (TPSA) is 59.9 Å². The zero-order valence-electron chi connectivity index (χ0n) is 17.8. The number of fused-ring (bicyclic) bond motifs is 1. The number of nitriles is 1. The first-order chi connectivity index (χ1) is 16.4. The fraction of sp³-hybridized carbons (Fsp3) is 0.111. The number of aliphatic hydroxyl groups is 1. The van der Waals surface area contributed by atoms with Crippen LogP contribution in [0.5, 0.6) is 0 Å². The summed E-state index contributed by atoms with van der Waals surface area (Å²) in [5, 5.41) is 27.1. The molecule has 3 atom stereocenters. The standard InChI is InChI=1S/C27H19ClFN3OS/c28-20-10-13-23-18(15-20)5-4-14-32(23)25-24(17-8-11-21(29)12-9-17)22(16-30)26(34)31-27(25,33)19-6-2-1-3-7-19/h1-15,24-25,31,33H/t24-,25+,27+/m0/s1. The Labute approximate surface area is 207 Å². The quantitative estimate of drug-likeness (QED) is 0.316. The zero-order valence-corrected chi connectivity index (χ0v) is 19.4. The maximum Gasteiger partial charge on any atom is 0.225 e. The largest absolute Gasteiger partial charge is 0.762 e. The lowest BCUT2D eigenvalue weighted by Gasteiger charge is -2.45. The maximum absolute atomic E-state index is 13.8. The van der Waals surface area contributed by atoms with Crippen molar-refractivity contribution in [3.63, 3.8) is 0 Å². The van der Waals surface area contributed by atoms with Gasteiger partial charge >= 0.3 is 0 Å². The van der Waals surface area contributed by atoms with E-state index in [2.05, 4.69) is 11.4 Å². The van der Waals surface area contributed by atoms with Crippen LogP contribution in [-0.2, 0) is 18.4 Å². The second-order valence-electron chi connectivity index (χ2n) is 8.20. The number of halogens is 2. The molecular weight excluding hydrogens is 469 g/mol. The molecule has 4 nitrogen and oxygen atoms in total. The molecule has 0 radical (unpaired) electrons. The number of hydrogen-bond donors (Lipinski definition) is 2. The number of hydrogen-bond acceptors (Lipinski definition) is 4. The summed E-state index contributed by atoms with van der Waals surface area (Å²) < 4.78 is 15.7. The lowest BCUT2D eigenvalue weighted by Crippen LogP contribution is -2.62. The molecule has 0 fully saturated rings. The van der Waals surface area contributed by atoms with E-state index in [0.29, 0.717) is 21.7 Å². The lowest BCUT2D eigenvalue weighted by molar-refractivity contribution is -0.720. The summed E-state index contributed by atoms with van der Waals surface area (Å²) in [4.78, 5) is 0. The molecule has 168 valence electrons. The average molecular weight is 488 g/mol. The van der Waals surface area contributed by atoms with Crippen molar-refractivity contribution in [3.05, 3.63) is 124 Å². The van der Waals surface area contributed by atoms with Crippen molar-refractivity contribution in [2.45, 2.75) is 17.7 Å². The molecule has 0 unspecified atom stereocenters. The molecule has 4 aromatic rings. The normalized spacial score (nSPS) is 22.3. The highest BCUT2D eigenvalue weighted by molar-refractivity contribution is 7.63. The third-order valence-electron chi connectivity index (χ3n) is 6.26. The lowest BCUT2D eigenvalue weighted by atomic mass is 9.75. The predicted molar refractivity (Wildman–Crippen MR) is 131 cm³/mol. The molecule has 5 rings (SSSR count). The molecule has 0 aliphatic carbocycles. The fourth-order valence-electron chi connectivity index (χ4n) is 4.75. The summed E-state index contributed by atoms with van der Waals surface area (Å²) in [6, 6.07) is 25.9. The zero-order chi connectivity index (χ0) is 23.9. The molecule has 3 aromatic carbocycles. The molecule has 34 heavy (non-hydrogen) atoms. The Morgan fingerprint density at radius 1 is 1.03 bits per heavy atom. The second-order valence-corrected chi connectivity index (χ2v) is 9.05. The Hall–Kier alpha value is -3.50. The van der Waals surface area contributed by atoms with Crippen LogP contribution in [0.4, 0.5) is 4.39 Å². The molecule has 1 aliphatic rings. The maximum atomic E-state index is 13.8. The SMILES string of the molecule is N#CC1=C([S-])N[C@@](O)(c2ccccc2)[C@H]([n+]2cccc3cc(Cl)ccc32)[C@H]1c1ccc(F)cc1. The van der Waals surface area contributed by atoms with Gasteiger partial charge < -0.3 is 23.1 Å². The minimum atomic E-state index is -1.67. The molecule has 2 N–H and O–H groups in total. The van der Waals surface area contributed by atoms with Gasteiger partial charge in [0.1, 0.15) is 5.82 Å². The minimum absolute atomic E-state index is 0.156. The van der Waals surface area contributed by atoms with E-state index in [0.717, 1.165) is 10.9 Å². The third kappa shape index (κ3) is 3.68. The van der Waals surface area contributed by atoms with Gasteiger partial charge in [0.05, 0.1) is 12.0 Å². The van der Waals surface area contributed by atoms with Crippen LogP contribution in [0.2, 0.25) is 5.02 Å². The smallest absolute Gasteiger partial charge is 0.225 e. The van der Waals surface area contributed by atoms with Gasteiger partial charge in [0.15, 0.2) is 6.20 Å². The summed E-state index contributed by atoms with van der Waals surface area (Å²) in [6.07, 6.45) is 1.86. The first-order valence-corrected chi connectivity index (χ1v) is 11.4. The average Bonchev–Trinajstić information content (AvgIpc) is 2.84. The predicted octanol–water partition coefficient (Wildman–Crippen LogP) is 4.98. The van der Waals surface area contributed by atoms with Gasteiger partial charge in [-0.2, -0.15) is 9.83 Å². The number of benzene rings is 3. The Morgan fingerprint density at radius 3 is 2.47 bits per heavy atom. The van der Waals surface area contributed by atoms with Crippen LogP contribution in [0.3, 0.4) is 0 Å². The van der Waals surface area contributed by atoms with Gasteiger partial charge in [0, 0.05) is 33.7 Å². The van der Waals surface area contributed by atoms with E-state index in [-0.39, 0.29) is 10.8 Å². The molecule has 7 heteroatoms. The van der Waals surface area contributed by atoms with Crippen molar-refractivity contribution in [1.82, 2.24) is 5.32 Å². The molecule has 1 aliphatic heterocycles. The van der Waals surface area contributed by atoms with E-state index < -0.39 is 17.7 Å². The number of nitrogens with zero attached hydrogens (tertiary/aromatic N) is 2. The Morgan fingerprint density at radius 2 is 1.76 bits per heavy atom. The van der Waals surface area contributed by atoms with Gasteiger partial charge in [-0.25, -0.2) is 4.39 Å². The molecule has 0 bridgehead atoms. The van der Waals surface area contributed by atoms with Gasteiger partial charge in [-0.15, -0.1) is 0 Å². The van der Waals surface area contributed by atoms with Gasteiger partial charge in [0.2, 0.25) is 17.3 Å². The molecule has 2 heterocycles. The minimum Gasteiger partial charge on any atom is -0.762 e. The van der Waals surface area contributed by atoms with Crippen molar-refractivity contribution in [3.8, 4) is 6.07 Å². The van der Waals surface area contributed by atoms with Gasteiger partial charge in [-0.05, 0) is 35.9 Å². The van der Waals surface area contributed by atoms with Crippen LogP contribution in [0.15, 0.2) is 102 Å². The first-order valence-electron chi connectivity index (χ1n) is 10.6. The second kappa shape index (κ2) is 8.69. The number of aromatic nitrogens is 1. The summed E-state index contributed by atoms with van der Waals surface area (Å²) in [7, 11) is 0. The van der Waals surface area contributed by atoms with Gasteiger partial charge in [-0.3, -0.25) is 0 Å². The van der Waals surface area contributed by atoms with Crippen molar-refractivity contribution >= 4 is 35.1 Å². The summed E-state index contributed by atoms with van der Waals surface area (Å²) in [5.74, 6) is -1.04. The van der Waals surface area contributed by atoms with Crippen molar-refractivity contribution in [1.29, 1.82) is 5.26 Å². The Kier molecular flexibility index (Phi) is 5.70. The van der Waals surface area contributed by atoms with Gasteiger partial charge in [-0.1, -0.05) is 59.1 Å².